The predicted octanol–water partition coefficient (Wildman–Crippen LogP) is 2.66. The topological polar surface area (TPSA) is 70.9 Å². The lowest BCUT2D eigenvalue weighted by Crippen LogP contribution is -2.76. The van der Waals surface area contributed by atoms with Crippen LogP contribution in [0.5, 0.6) is 0 Å². The number of benzene rings is 1. The first-order valence-corrected chi connectivity index (χ1v) is 7.39. The number of nitrogens with two attached hydrogens (primary N) is 1. The van der Waals surface area contributed by atoms with Crippen LogP contribution in [-0.2, 0) is 0 Å². The maximum absolute atomic E-state index is 12.7. The van der Waals surface area contributed by atoms with E-state index in [1.807, 2.05) is 30.5 Å². The number of carbonyl (C=O) groups is 1. The highest BCUT2D eigenvalue weighted by Gasteiger charge is 2.60. The van der Waals surface area contributed by atoms with E-state index in [0.29, 0.717) is 5.56 Å². The molecule has 1 heterocycles. The van der Waals surface area contributed by atoms with Gasteiger partial charge >= 0.3 is 0 Å². The average Bonchev–Trinajstić information content (AvgIpc) is 2.91. The first kappa shape index (κ1) is 14.1. The van der Waals surface area contributed by atoms with Crippen LogP contribution in [0.15, 0.2) is 30.5 Å². The largest absolute Gasteiger partial charge is 0.361 e. The van der Waals surface area contributed by atoms with Crippen molar-refractivity contribution in [3.63, 3.8) is 0 Å². The van der Waals surface area contributed by atoms with E-state index in [1.165, 1.54) is 0 Å². The Bertz CT molecular complexity index is 683. The number of aromatic amines is 1. The highest BCUT2D eigenvalue weighted by Crippen LogP contribution is 2.52. The summed E-state index contributed by atoms with van der Waals surface area (Å²) >= 11 is 0. The summed E-state index contributed by atoms with van der Waals surface area (Å²) in [5.74, 6) is -0.0406. The Kier molecular flexibility index (Phi) is 2.92. The van der Waals surface area contributed by atoms with Crippen LogP contribution in [-0.4, -0.2) is 23.0 Å². The molecule has 1 aliphatic rings. The van der Waals surface area contributed by atoms with Gasteiger partial charge in [-0.25, -0.2) is 0 Å². The van der Waals surface area contributed by atoms with Gasteiger partial charge in [-0.15, -0.1) is 0 Å². The van der Waals surface area contributed by atoms with Crippen molar-refractivity contribution < 1.29 is 4.79 Å². The molecule has 0 atom stereocenters. The second kappa shape index (κ2) is 4.34. The molecule has 4 heteroatoms. The fourth-order valence-corrected chi connectivity index (χ4v) is 4.04. The van der Waals surface area contributed by atoms with Gasteiger partial charge in [-0.1, -0.05) is 39.8 Å². The highest BCUT2D eigenvalue weighted by atomic mass is 16.1. The van der Waals surface area contributed by atoms with Crippen LogP contribution in [0.1, 0.15) is 38.1 Å². The molecule has 0 bridgehead atoms. The lowest BCUT2D eigenvalue weighted by Gasteiger charge is -2.62. The van der Waals surface area contributed by atoms with Gasteiger partial charge in [0.1, 0.15) is 0 Å². The van der Waals surface area contributed by atoms with Crippen LogP contribution in [0.3, 0.4) is 0 Å². The Hall–Kier alpha value is -1.81. The maximum atomic E-state index is 12.7. The van der Waals surface area contributed by atoms with Gasteiger partial charge in [-0.2, -0.15) is 0 Å². The molecule has 1 fully saturated rings. The molecule has 0 radical (unpaired) electrons. The Labute approximate surface area is 125 Å². The molecular weight excluding hydrogens is 262 g/mol. The number of hydrogen-bond acceptors (Lipinski definition) is 2. The normalized spacial score (nSPS) is 26.3. The molecule has 0 saturated heterocycles. The summed E-state index contributed by atoms with van der Waals surface area (Å²) in [4.78, 5) is 15.8. The number of carbonyl (C=O) groups excluding carboxylic acids is 1. The molecule has 0 aliphatic heterocycles. The van der Waals surface area contributed by atoms with Gasteiger partial charge in [-0.05, 0) is 12.1 Å². The van der Waals surface area contributed by atoms with E-state index in [2.05, 4.69) is 38.0 Å². The minimum Gasteiger partial charge on any atom is -0.361 e. The molecular formula is C17H23N3O. The van der Waals surface area contributed by atoms with E-state index in [-0.39, 0.29) is 28.8 Å². The second-order valence-electron chi connectivity index (χ2n) is 7.27. The minimum atomic E-state index is -0.0945. The van der Waals surface area contributed by atoms with Crippen molar-refractivity contribution in [2.45, 2.75) is 39.8 Å². The molecule has 2 aromatic rings. The van der Waals surface area contributed by atoms with Crippen molar-refractivity contribution in [1.82, 2.24) is 10.3 Å². The number of rotatable bonds is 2. The SMILES string of the molecule is CC1(C)C(N)C(C)(C)C1NC(=O)c1cccc2cc[nH]c12. The third-order valence-electron chi connectivity index (χ3n) is 5.20. The first-order chi connectivity index (χ1) is 9.76. The zero-order valence-electron chi connectivity index (χ0n) is 13.0. The zero-order valence-corrected chi connectivity index (χ0v) is 13.0. The number of amides is 1. The van der Waals surface area contributed by atoms with E-state index in [9.17, 15) is 4.79 Å². The smallest absolute Gasteiger partial charge is 0.253 e. The third-order valence-corrected chi connectivity index (χ3v) is 5.20. The molecule has 1 aliphatic carbocycles. The quantitative estimate of drug-likeness (QED) is 0.794. The monoisotopic (exact) mass is 285 g/mol. The van der Waals surface area contributed by atoms with Crippen LogP contribution in [0.25, 0.3) is 10.9 Å². The molecule has 0 spiro atoms. The van der Waals surface area contributed by atoms with Crippen LogP contribution in [0.4, 0.5) is 0 Å². The molecule has 0 unspecified atom stereocenters. The molecule has 3 rings (SSSR count). The summed E-state index contributed by atoms with van der Waals surface area (Å²) in [5.41, 5.74) is 7.63. The summed E-state index contributed by atoms with van der Waals surface area (Å²) in [6.45, 7) is 8.46. The van der Waals surface area contributed by atoms with Crippen LogP contribution >= 0.6 is 0 Å². The van der Waals surface area contributed by atoms with Crippen LogP contribution in [0.2, 0.25) is 0 Å². The van der Waals surface area contributed by atoms with Gasteiger partial charge < -0.3 is 16.0 Å². The molecule has 21 heavy (non-hydrogen) atoms. The fourth-order valence-electron chi connectivity index (χ4n) is 4.04. The molecule has 1 aromatic heterocycles. The Morgan fingerprint density at radius 2 is 1.86 bits per heavy atom. The van der Waals surface area contributed by atoms with E-state index in [4.69, 9.17) is 5.73 Å². The van der Waals surface area contributed by atoms with Crippen molar-refractivity contribution in [1.29, 1.82) is 0 Å². The molecule has 4 nitrogen and oxygen atoms in total. The molecule has 1 amide bonds. The van der Waals surface area contributed by atoms with Gasteiger partial charge in [0.25, 0.3) is 5.91 Å². The fraction of sp³-hybridized carbons (Fsp3) is 0.471. The summed E-state index contributed by atoms with van der Waals surface area (Å²) in [6, 6.07) is 7.88. The number of nitrogens with one attached hydrogen (secondary N) is 2. The van der Waals surface area contributed by atoms with Gasteiger partial charge in [0.15, 0.2) is 0 Å². The Morgan fingerprint density at radius 3 is 2.52 bits per heavy atom. The van der Waals surface area contributed by atoms with E-state index < -0.39 is 0 Å². The first-order valence-electron chi connectivity index (χ1n) is 7.39. The summed E-state index contributed by atoms with van der Waals surface area (Å²) < 4.78 is 0. The molecule has 4 N–H and O–H groups in total. The summed E-state index contributed by atoms with van der Waals surface area (Å²) in [6.07, 6.45) is 1.86. The number of hydrogen-bond donors (Lipinski definition) is 3. The van der Waals surface area contributed by atoms with Crippen molar-refractivity contribution in [3.05, 3.63) is 36.0 Å². The predicted molar refractivity (Wildman–Crippen MR) is 85.1 cm³/mol. The summed E-state index contributed by atoms with van der Waals surface area (Å²) in [5, 5.41) is 4.23. The van der Waals surface area contributed by atoms with Crippen LogP contribution < -0.4 is 11.1 Å². The zero-order chi connectivity index (χ0) is 15.4. The lowest BCUT2D eigenvalue weighted by molar-refractivity contribution is -0.0663. The van der Waals surface area contributed by atoms with Crippen molar-refractivity contribution >= 4 is 16.8 Å². The maximum Gasteiger partial charge on any atom is 0.253 e. The Morgan fingerprint density at radius 1 is 1.19 bits per heavy atom. The standard InChI is InChI=1S/C17H23N3O/c1-16(2)14(18)17(3,4)15(16)20-13(21)11-7-5-6-10-8-9-19-12(10)11/h5-9,14-15,19H,18H2,1-4H3,(H,20,21). The lowest BCUT2D eigenvalue weighted by atomic mass is 9.48. The highest BCUT2D eigenvalue weighted by molar-refractivity contribution is 6.05. The Balaban J connectivity index is 1.89. The molecule has 1 saturated carbocycles. The minimum absolute atomic E-state index is 0.0406. The summed E-state index contributed by atoms with van der Waals surface area (Å²) in [7, 11) is 0. The van der Waals surface area contributed by atoms with E-state index in [0.717, 1.165) is 10.9 Å². The van der Waals surface area contributed by atoms with E-state index >= 15 is 0 Å². The second-order valence-corrected chi connectivity index (χ2v) is 7.27. The average molecular weight is 285 g/mol. The number of H-pyrrole nitrogens is 1. The van der Waals surface area contributed by atoms with Crippen LogP contribution in [0, 0.1) is 10.8 Å². The van der Waals surface area contributed by atoms with Crippen molar-refractivity contribution in [2.24, 2.45) is 16.6 Å². The number of aromatic nitrogens is 1. The van der Waals surface area contributed by atoms with Crippen molar-refractivity contribution in [3.8, 4) is 0 Å². The molecule has 1 aromatic carbocycles. The van der Waals surface area contributed by atoms with Gasteiger partial charge in [0.05, 0.1) is 11.1 Å². The van der Waals surface area contributed by atoms with E-state index in [1.54, 1.807) is 0 Å². The molecule has 112 valence electrons. The third kappa shape index (κ3) is 1.89. The number of para-hydroxylation sites is 1. The number of fused-ring (bicyclic) bond motifs is 1. The van der Waals surface area contributed by atoms with Gasteiger partial charge in [0, 0.05) is 34.5 Å². The van der Waals surface area contributed by atoms with Gasteiger partial charge in [-0.3, -0.25) is 4.79 Å². The van der Waals surface area contributed by atoms with Crippen molar-refractivity contribution in [2.75, 3.05) is 0 Å². The van der Waals surface area contributed by atoms with Gasteiger partial charge in [0.2, 0.25) is 0 Å².